The van der Waals surface area contributed by atoms with Crippen molar-refractivity contribution in [1.29, 1.82) is 0 Å². The Labute approximate surface area is 150 Å². The quantitative estimate of drug-likeness (QED) is 0.875. The van der Waals surface area contributed by atoms with Gasteiger partial charge in [0, 0.05) is 56.9 Å². The van der Waals surface area contributed by atoms with Crippen LogP contribution in [-0.2, 0) is 20.0 Å². The minimum Gasteiger partial charge on any atom is -0.354 e. The maximum absolute atomic E-state index is 12.9. The third-order valence-corrected chi connectivity index (χ3v) is 5.09. The molecule has 0 unspecified atom stereocenters. The van der Waals surface area contributed by atoms with Crippen LogP contribution in [0, 0.1) is 0 Å². The van der Waals surface area contributed by atoms with Crippen molar-refractivity contribution in [2.24, 2.45) is 7.05 Å². The lowest BCUT2D eigenvalue weighted by Gasteiger charge is -2.34. The molecule has 0 bridgehead atoms. The van der Waals surface area contributed by atoms with Gasteiger partial charge in [0.25, 0.3) is 0 Å². The lowest BCUT2D eigenvalue weighted by molar-refractivity contribution is 0.151. The molecule has 1 saturated carbocycles. The molecule has 0 aromatic carbocycles. The third kappa shape index (κ3) is 4.84. The van der Waals surface area contributed by atoms with E-state index in [1.54, 1.807) is 12.4 Å². The SMILES string of the molecule is Cn1cccc1CCNC(=O)N(Cc1ccncc1)C1CCCCC1. The van der Waals surface area contributed by atoms with Crippen molar-refractivity contribution >= 4 is 6.03 Å². The molecule has 1 N–H and O–H groups in total. The molecular weight excluding hydrogens is 312 g/mol. The first kappa shape index (κ1) is 17.5. The van der Waals surface area contributed by atoms with E-state index in [4.69, 9.17) is 0 Å². The molecule has 3 rings (SSSR count). The zero-order chi connectivity index (χ0) is 17.5. The Morgan fingerprint density at radius 1 is 1.24 bits per heavy atom. The lowest BCUT2D eigenvalue weighted by Crippen LogP contribution is -2.47. The normalized spacial score (nSPS) is 15.1. The first-order valence-corrected chi connectivity index (χ1v) is 9.27. The summed E-state index contributed by atoms with van der Waals surface area (Å²) < 4.78 is 2.10. The maximum atomic E-state index is 12.9. The number of pyridine rings is 1. The monoisotopic (exact) mass is 340 g/mol. The van der Waals surface area contributed by atoms with Gasteiger partial charge in [0.15, 0.2) is 0 Å². The van der Waals surface area contributed by atoms with Gasteiger partial charge >= 0.3 is 6.03 Å². The minimum absolute atomic E-state index is 0.0536. The van der Waals surface area contributed by atoms with Gasteiger partial charge in [-0.25, -0.2) is 4.79 Å². The van der Waals surface area contributed by atoms with Crippen LogP contribution in [0.25, 0.3) is 0 Å². The zero-order valence-electron chi connectivity index (χ0n) is 15.0. The fourth-order valence-electron chi connectivity index (χ4n) is 3.60. The van der Waals surface area contributed by atoms with Crippen molar-refractivity contribution in [2.75, 3.05) is 6.54 Å². The van der Waals surface area contributed by atoms with E-state index >= 15 is 0 Å². The largest absolute Gasteiger partial charge is 0.354 e. The molecule has 5 nitrogen and oxygen atoms in total. The van der Waals surface area contributed by atoms with E-state index < -0.39 is 0 Å². The Balaban J connectivity index is 1.60. The van der Waals surface area contributed by atoms with Crippen LogP contribution in [0.15, 0.2) is 42.9 Å². The van der Waals surface area contributed by atoms with Gasteiger partial charge in [-0.2, -0.15) is 0 Å². The summed E-state index contributed by atoms with van der Waals surface area (Å²) in [5.41, 5.74) is 2.37. The van der Waals surface area contributed by atoms with Crippen molar-refractivity contribution in [3.63, 3.8) is 0 Å². The van der Waals surface area contributed by atoms with E-state index in [1.807, 2.05) is 36.3 Å². The molecule has 0 spiro atoms. The van der Waals surface area contributed by atoms with E-state index in [0.29, 0.717) is 19.1 Å². The first-order chi connectivity index (χ1) is 12.2. The molecule has 1 aliphatic carbocycles. The molecule has 2 aromatic heterocycles. The van der Waals surface area contributed by atoms with Crippen LogP contribution >= 0.6 is 0 Å². The summed E-state index contributed by atoms with van der Waals surface area (Å²) in [6.45, 7) is 1.32. The third-order valence-electron chi connectivity index (χ3n) is 5.09. The van der Waals surface area contributed by atoms with E-state index in [2.05, 4.69) is 20.9 Å². The highest BCUT2D eigenvalue weighted by molar-refractivity contribution is 5.74. The molecule has 1 aliphatic rings. The first-order valence-electron chi connectivity index (χ1n) is 9.27. The van der Waals surface area contributed by atoms with Crippen molar-refractivity contribution in [2.45, 2.75) is 51.1 Å². The van der Waals surface area contributed by atoms with Gasteiger partial charge in [0.05, 0.1) is 0 Å². The minimum atomic E-state index is 0.0536. The smallest absolute Gasteiger partial charge is 0.317 e. The highest BCUT2D eigenvalue weighted by Gasteiger charge is 2.25. The molecule has 2 aromatic rings. The summed E-state index contributed by atoms with van der Waals surface area (Å²) in [6, 6.07) is 8.52. The van der Waals surface area contributed by atoms with Crippen molar-refractivity contribution in [3.8, 4) is 0 Å². The number of nitrogens with one attached hydrogen (secondary N) is 1. The van der Waals surface area contributed by atoms with Crippen LogP contribution in [0.5, 0.6) is 0 Å². The molecule has 2 heterocycles. The van der Waals surface area contributed by atoms with E-state index in [1.165, 1.54) is 25.0 Å². The number of amides is 2. The number of rotatable bonds is 6. The van der Waals surface area contributed by atoms with Crippen molar-refractivity contribution in [1.82, 2.24) is 19.8 Å². The zero-order valence-corrected chi connectivity index (χ0v) is 15.0. The topological polar surface area (TPSA) is 50.2 Å². The fourth-order valence-corrected chi connectivity index (χ4v) is 3.60. The molecule has 5 heteroatoms. The van der Waals surface area contributed by atoms with Crippen LogP contribution in [0.1, 0.15) is 43.4 Å². The molecule has 25 heavy (non-hydrogen) atoms. The highest BCUT2D eigenvalue weighted by atomic mass is 16.2. The van der Waals surface area contributed by atoms with Crippen molar-refractivity contribution < 1.29 is 4.79 Å². The van der Waals surface area contributed by atoms with Crippen LogP contribution in [-0.4, -0.2) is 33.1 Å². The number of hydrogen-bond donors (Lipinski definition) is 1. The predicted molar refractivity (Wildman–Crippen MR) is 99.2 cm³/mol. The number of carbonyl (C=O) groups excluding carboxylic acids is 1. The van der Waals surface area contributed by atoms with Gasteiger partial charge in [-0.3, -0.25) is 4.98 Å². The lowest BCUT2D eigenvalue weighted by atomic mass is 9.94. The van der Waals surface area contributed by atoms with E-state index in [-0.39, 0.29) is 6.03 Å². The molecule has 134 valence electrons. The van der Waals surface area contributed by atoms with Gasteiger partial charge in [0.1, 0.15) is 0 Å². The van der Waals surface area contributed by atoms with Crippen LogP contribution in [0.3, 0.4) is 0 Å². The summed E-state index contributed by atoms with van der Waals surface area (Å²) in [5, 5.41) is 3.12. The molecule has 2 amide bonds. The molecular formula is C20H28N4O. The molecule has 1 fully saturated rings. The van der Waals surface area contributed by atoms with Crippen LogP contribution in [0.2, 0.25) is 0 Å². The van der Waals surface area contributed by atoms with Gasteiger partial charge in [-0.05, 0) is 42.7 Å². The molecule has 0 aliphatic heterocycles. The highest BCUT2D eigenvalue weighted by Crippen LogP contribution is 2.24. The Kier molecular flexibility index (Phi) is 6.09. The van der Waals surface area contributed by atoms with E-state index in [9.17, 15) is 4.79 Å². The number of aromatic nitrogens is 2. The number of nitrogens with zero attached hydrogens (tertiary/aromatic N) is 3. The van der Waals surface area contributed by atoms with Gasteiger partial charge < -0.3 is 14.8 Å². The van der Waals surface area contributed by atoms with Crippen LogP contribution in [0.4, 0.5) is 4.79 Å². The Hall–Kier alpha value is -2.30. The summed E-state index contributed by atoms with van der Waals surface area (Å²) in [6.07, 6.45) is 12.4. The number of urea groups is 1. The second kappa shape index (κ2) is 8.70. The van der Waals surface area contributed by atoms with Gasteiger partial charge in [0.2, 0.25) is 0 Å². The van der Waals surface area contributed by atoms with Crippen molar-refractivity contribution in [3.05, 3.63) is 54.1 Å². The van der Waals surface area contributed by atoms with Gasteiger partial charge in [-0.15, -0.1) is 0 Å². The van der Waals surface area contributed by atoms with Crippen LogP contribution < -0.4 is 5.32 Å². The molecule has 0 saturated heterocycles. The Morgan fingerprint density at radius 3 is 2.68 bits per heavy atom. The number of carbonyl (C=O) groups is 1. The fraction of sp³-hybridized carbons (Fsp3) is 0.500. The summed E-state index contributed by atoms with van der Waals surface area (Å²) in [7, 11) is 2.04. The maximum Gasteiger partial charge on any atom is 0.317 e. The Bertz CT molecular complexity index is 661. The second-order valence-electron chi connectivity index (χ2n) is 6.87. The summed E-state index contributed by atoms with van der Waals surface area (Å²) >= 11 is 0. The number of aryl methyl sites for hydroxylation is 1. The summed E-state index contributed by atoms with van der Waals surface area (Å²) in [5.74, 6) is 0. The number of hydrogen-bond acceptors (Lipinski definition) is 2. The average molecular weight is 340 g/mol. The molecule has 0 atom stereocenters. The average Bonchev–Trinajstić information content (AvgIpc) is 3.06. The van der Waals surface area contributed by atoms with Gasteiger partial charge in [-0.1, -0.05) is 19.3 Å². The predicted octanol–water partition coefficient (Wildman–Crippen LogP) is 3.51. The van der Waals surface area contributed by atoms with E-state index in [0.717, 1.165) is 24.8 Å². The second-order valence-corrected chi connectivity index (χ2v) is 6.87. The summed E-state index contributed by atoms with van der Waals surface area (Å²) in [4.78, 5) is 19.0. The molecule has 0 radical (unpaired) electrons. The standard InChI is InChI=1S/C20H28N4O/c1-23-15-5-8-18(23)11-14-22-20(25)24(19-6-3-2-4-7-19)16-17-9-12-21-13-10-17/h5,8-10,12-13,15,19H,2-4,6-7,11,14,16H2,1H3,(H,22,25). The Morgan fingerprint density at radius 2 is 2.00 bits per heavy atom.